The Kier molecular flexibility index (Phi) is 5.59. The van der Waals surface area contributed by atoms with Gasteiger partial charge in [0.2, 0.25) is 5.91 Å². The van der Waals surface area contributed by atoms with Gasteiger partial charge in [-0.1, -0.05) is 24.3 Å². The van der Waals surface area contributed by atoms with Crippen LogP contribution < -0.4 is 4.90 Å². The summed E-state index contributed by atoms with van der Waals surface area (Å²) >= 11 is 0. The molecule has 5 heteroatoms. The number of aryl methyl sites for hydroxylation is 1. The molecule has 1 amide bonds. The monoisotopic (exact) mass is 350 g/mol. The Bertz CT molecular complexity index is 873. The fourth-order valence-electron chi connectivity index (χ4n) is 2.61. The number of rotatable bonds is 7. The first-order chi connectivity index (χ1) is 12.7. The van der Waals surface area contributed by atoms with Crippen LogP contribution >= 0.6 is 0 Å². The van der Waals surface area contributed by atoms with Crippen LogP contribution in [-0.2, 0) is 11.2 Å². The average Bonchev–Trinajstić information content (AvgIpc) is 3.14. The van der Waals surface area contributed by atoms with Crippen LogP contribution in [0.3, 0.4) is 0 Å². The van der Waals surface area contributed by atoms with Crippen molar-refractivity contribution in [1.29, 1.82) is 0 Å². The van der Waals surface area contributed by atoms with Gasteiger partial charge in [-0.15, -0.1) is 6.58 Å². The lowest BCUT2D eigenvalue weighted by Crippen LogP contribution is -2.31. The predicted octanol–water partition coefficient (Wildman–Crippen LogP) is 4.63. The molecule has 0 saturated heterocycles. The molecule has 0 radical (unpaired) electrons. The van der Waals surface area contributed by atoms with Crippen LogP contribution in [0.4, 0.5) is 10.1 Å². The van der Waals surface area contributed by atoms with Gasteiger partial charge in [0.1, 0.15) is 5.82 Å². The van der Waals surface area contributed by atoms with Crippen molar-refractivity contribution in [2.45, 2.75) is 12.8 Å². The molecule has 0 bridgehead atoms. The van der Waals surface area contributed by atoms with Gasteiger partial charge in [0.25, 0.3) is 0 Å². The fourth-order valence-corrected chi connectivity index (χ4v) is 2.61. The maximum atomic E-state index is 13.0. The fraction of sp³-hybridized carbons (Fsp3) is 0.143. The number of para-hydroxylation sites is 1. The van der Waals surface area contributed by atoms with Gasteiger partial charge in [-0.2, -0.15) is 0 Å². The van der Waals surface area contributed by atoms with Crippen LogP contribution in [0.1, 0.15) is 12.3 Å². The lowest BCUT2D eigenvalue weighted by Gasteiger charge is -2.21. The molecule has 0 atom stereocenters. The molecular weight excluding hydrogens is 331 g/mol. The first-order valence-corrected chi connectivity index (χ1v) is 8.34. The minimum absolute atomic E-state index is 0.0300. The number of anilines is 1. The summed E-state index contributed by atoms with van der Waals surface area (Å²) in [5.41, 5.74) is 1.57. The zero-order valence-corrected chi connectivity index (χ0v) is 14.3. The minimum atomic E-state index is -0.303. The summed E-state index contributed by atoms with van der Waals surface area (Å²) in [6.07, 6.45) is 3.95. The van der Waals surface area contributed by atoms with Crippen LogP contribution in [0.2, 0.25) is 0 Å². The van der Waals surface area contributed by atoms with E-state index in [4.69, 9.17) is 4.42 Å². The standard InChI is InChI=1S/C21H19FN2O2/c1-2-14-24(18-6-4-3-5-7-18)21(25)13-12-20-23-15-19(26-20)16-8-10-17(22)11-9-16/h2-11,15H,1,12-14H2. The van der Waals surface area contributed by atoms with Crippen molar-refractivity contribution in [3.05, 3.63) is 85.2 Å². The van der Waals surface area contributed by atoms with Crippen LogP contribution in [0.25, 0.3) is 11.3 Å². The second kappa shape index (κ2) is 8.25. The molecule has 0 fully saturated rings. The Morgan fingerprint density at radius 3 is 2.58 bits per heavy atom. The number of carbonyl (C=O) groups is 1. The number of nitrogens with zero attached hydrogens (tertiary/aromatic N) is 2. The SMILES string of the molecule is C=CCN(C(=O)CCc1ncc(-c2ccc(F)cc2)o1)c1ccccc1. The van der Waals surface area contributed by atoms with Crippen molar-refractivity contribution in [3.63, 3.8) is 0 Å². The number of carbonyl (C=O) groups excluding carboxylic acids is 1. The van der Waals surface area contributed by atoms with E-state index in [1.165, 1.54) is 12.1 Å². The smallest absolute Gasteiger partial charge is 0.227 e. The van der Waals surface area contributed by atoms with Crippen molar-refractivity contribution in [3.8, 4) is 11.3 Å². The molecule has 3 rings (SSSR count). The Hall–Kier alpha value is -3.21. The van der Waals surface area contributed by atoms with E-state index in [-0.39, 0.29) is 18.1 Å². The molecule has 1 aromatic heterocycles. The molecule has 0 N–H and O–H groups in total. The zero-order chi connectivity index (χ0) is 18.4. The summed E-state index contributed by atoms with van der Waals surface area (Å²) < 4.78 is 18.7. The Balaban J connectivity index is 1.65. The summed E-state index contributed by atoms with van der Waals surface area (Å²) in [4.78, 5) is 18.5. The zero-order valence-electron chi connectivity index (χ0n) is 14.3. The highest BCUT2D eigenvalue weighted by atomic mass is 19.1. The summed E-state index contributed by atoms with van der Waals surface area (Å²) in [6, 6.07) is 15.5. The van der Waals surface area contributed by atoms with Crippen molar-refractivity contribution in [2.24, 2.45) is 0 Å². The first-order valence-electron chi connectivity index (χ1n) is 8.34. The van der Waals surface area contributed by atoms with Gasteiger partial charge in [0.05, 0.1) is 6.20 Å². The Morgan fingerprint density at radius 2 is 1.88 bits per heavy atom. The highest BCUT2D eigenvalue weighted by Gasteiger charge is 2.16. The molecule has 4 nitrogen and oxygen atoms in total. The molecule has 2 aromatic carbocycles. The van der Waals surface area contributed by atoms with Gasteiger partial charge < -0.3 is 9.32 Å². The van der Waals surface area contributed by atoms with Crippen molar-refractivity contribution in [2.75, 3.05) is 11.4 Å². The summed E-state index contributed by atoms with van der Waals surface area (Å²) in [5, 5.41) is 0. The third-order valence-electron chi connectivity index (χ3n) is 3.92. The van der Waals surface area contributed by atoms with Gasteiger partial charge in [0.15, 0.2) is 11.7 Å². The second-order valence-electron chi connectivity index (χ2n) is 5.75. The topological polar surface area (TPSA) is 46.3 Å². The Labute approximate surface area is 151 Å². The summed E-state index contributed by atoms with van der Waals surface area (Å²) in [7, 11) is 0. The number of halogens is 1. The van der Waals surface area contributed by atoms with Crippen LogP contribution in [0.5, 0.6) is 0 Å². The number of hydrogen-bond acceptors (Lipinski definition) is 3. The molecular formula is C21H19FN2O2. The maximum Gasteiger partial charge on any atom is 0.227 e. The molecule has 0 spiro atoms. The van der Waals surface area contributed by atoms with E-state index in [1.807, 2.05) is 30.3 Å². The van der Waals surface area contributed by atoms with Gasteiger partial charge in [-0.3, -0.25) is 4.79 Å². The molecule has 0 saturated carbocycles. The second-order valence-corrected chi connectivity index (χ2v) is 5.75. The Morgan fingerprint density at radius 1 is 1.15 bits per heavy atom. The quantitative estimate of drug-likeness (QED) is 0.584. The van der Waals surface area contributed by atoms with Crippen LogP contribution in [0, 0.1) is 5.82 Å². The molecule has 132 valence electrons. The lowest BCUT2D eigenvalue weighted by molar-refractivity contribution is -0.118. The normalized spacial score (nSPS) is 10.5. The number of benzene rings is 2. The maximum absolute atomic E-state index is 13.0. The highest BCUT2D eigenvalue weighted by Crippen LogP contribution is 2.22. The molecule has 26 heavy (non-hydrogen) atoms. The minimum Gasteiger partial charge on any atom is -0.441 e. The number of amides is 1. The lowest BCUT2D eigenvalue weighted by atomic mass is 10.2. The van der Waals surface area contributed by atoms with E-state index in [2.05, 4.69) is 11.6 Å². The summed E-state index contributed by atoms with van der Waals surface area (Å²) in [5.74, 6) is 0.697. The predicted molar refractivity (Wildman–Crippen MR) is 99.2 cm³/mol. The van der Waals surface area contributed by atoms with E-state index >= 15 is 0 Å². The van der Waals surface area contributed by atoms with Gasteiger partial charge in [-0.05, 0) is 36.4 Å². The highest BCUT2D eigenvalue weighted by molar-refractivity contribution is 5.93. The van der Waals surface area contributed by atoms with Gasteiger partial charge in [0, 0.05) is 30.6 Å². The first kappa shape index (κ1) is 17.6. The van der Waals surface area contributed by atoms with E-state index in [1.54, 1.807) is 29.3 Å². The molecule has 0 aliphatic rings. The van der Waals surface area contributed by atoms with E-state index in [9.17, 15) is 9.18 Å². The number of oxazole rings is 1. The average molecular weight is 350 g/mol. The van der Waals surface area contributed by atoms with Crippen molar-refractivity contribution in [1.82, 2.24) is 4.98 Å². The van der Waals surface area contributed by atoms with Gasteiger partial charge in [-0.25, -0.2) is 9.37 Å². The van der Waals surface area contributed by atoms with Crippen LogP contribution in [-0.4, -0.2) is 17.4 Å². The van der Waals surface area contributed by atoms with E-state index in [0.29, 0.717) is 24.6 Å². The van der Waals surface area contributed by atoms with Crippen molar-refractivity contribution >= 4 is 11.6 Å². The van der Waals surface area contributed by atoms with E-state index < -0.39 is 0 Å². The number of aromatic nitrogens is 1. The molecule has 0 unspecified atom stereocenters. The summed E-state index contributed by atoms with van der Waals surface area (Å²) in [6.45, 7) is 4.16. The number of hydrogen-bond donors (Lipinski definition) is 0. The third-order valence-corrected chi connectivity index (χ3v) is 3.92. The third kappa shape index (κ3) is 4.25. The van der Waals surface area contributed by atoms with Crippen LogP contribution in [0.15, 0.2) is 77.9 Å². The molecule has 0 aliphatic heterocycles. The van der Waals surface area contributed by atoms with Crippen molar-refractivity contribution < 1.29 is 13.6 Å². The molecule has 3 aromatic rings. The van der Waals surface area contributed by atoms with E-state index in [0.717, 1.165) is 11.3 Å². The largest absolute Gasteiger partial charge is 0.441 e. The van der Waals surface area contributed by atoms with Gasteiger partial charge >= 0.3 is 0 Å². The molecule has 0 aliphatic carbocycles. The molecule has 1 heterocycles.